The lowest BCUT2D eigenvalue weighted by molar-refractivity contribution is -0.116. The fourth-order valence-electron chi connectivity index (χ4n) is 1.82. The number of pyridine rings is 1. The Kier molecular flexibility index (Phi) is 5.06. The molecule has 0 bridgehead atoms. The highest BCUT2D eigenvalue weighted by Gasteiger charge is 2.10. The molecule has 1 N–H and O–H groups in total. The normalized spacial score (nSPS) is 10.2. The van der Waals surface area contributed by atoms with Gasteiger partial charge in [0.25, 0.3) is 0 Å². The van der Waals surface area contributed by atoms with Crippen LogP contribution in [-0.2, 0) is 4.79 Å². The number of ketones is 1. The smallest absolute Gasteiger partial charge is 0.225 e. The van der Waals surface area contributed by atoms with Crippen LogP contribution in [0.4, 0.5) is 5.82 Å². The first-order valence-corrected chi connectivity index (χ1v) is 6.94. The lowest BCUT2D eigenvalue weighted by Crippen LogP contribution is -2.15. The summed E-state index contributed by atoms with van der Waals surface area (Å²) >= 11 is 5.77. The van der Waals surface area contributed by atoms with E-state index in [2.05, 4.69) is 10.3 Å². The molecule has 0 aliphatic rings. The number of hydrogen-bond donors (Lipinski definition) is 1. The second kappa shape index (κ2) is 6.99. The monoisotopic (exact) mass is 302 g/mol. The van der Waals surface area contributed by atoms with Crippen molar-refractivity contribution >= 4 is 29.1 Å². The van der Waals surface area contributed by atoms with Gasteiger partial charge in [-0.25, -0.2) is 4.98 Å². The molecule has 4 nitrogen and oxygen atoms in total. The molecule has 5 heteroatoms. The molecule has 1 heterocycles. The third kappa shape index (κ3) is 4.39. The number of halogens is 1. The Morgan fingerprint density at radius 2 is 1.86 bits per heavy atom. The average Bonchev–Trinajstić information content (AvgIpc) is 2.48. The molecule has 108 valence electrons. The minimum Gasteiger partial charge on any atom is -0.310 e. The molecule has 0 aliphatic heterocycles. The summed E-state index contributed by atoms with van der Waals surface area (Å²) < 4.78 is 0. The molecule has 1 aromatic carbocycles. The van der Waals surface area contributed by atoms with Gasteiger partial charge in [-0.1, -0.05) is 17.7 Å². The molecule has 1 amide bonds. The van der Waals surface area contributed by atoms with Crippen LogP contribution in [0.3, 0.4) is 0 Å². The topological polar surface area (TPSA) is 59.1 Å². The van der Waals surface area contributed by atoms with Gasteiger partial charge < -0.3 is 5.32 Å². The zero-order chi connectivity index (χ0) is 15.2. The maximum Gasteiger partial charge on any atom is 0.225 e. The Morgan fingerprint density at radius 1 is 1.14 bits per heavy atom. The van der Waals surface area contributed by atoms with E-state index in [4.69, 9.17) is 11.6 Å². The van der Waals surface area contributed by atoms with E-state index in [1.54, 1.807) is 36.5 Å². The van der Waals surface area contributed by atoms with Crippen molar-refractivity contribution < 1.29 is 9.59 Å². The Hall–Kier alpha value is -2.20. The van der Waals surface area contributed by atoms with E-state index in [0.29, 0.717) is 16.4 Å². The van der Waals surface area contributed by atoms with E-state index in [9.17, 15) is 9.59 Å². The highest BCUT2D eigenvalue weighted by atomic mass is 35.5. The van der Waals surface area contributed by atoms with Gasteiger partial charge >= 0.3 is 0 Å². The minimum absolute atomic E-state index is 0.0837. The average molecular weight is 303 g/mol. The number of amides is 1. The van der Waals surface area contributed by atoms with Crippen LogP contribution < -0.4 is 5.32 Å². The van der Waals surface area contributed by atoms with Crippen LogP contribution in [0.15, 0.2) is 42.6 Å². The van der Waals surface area contributed by atoms with Crippen molar-refractivity contribution in [3.63, 3.8) is 0 Å². The zero-order valence-corrected chi connectivity index (χ0v) is 12.4. The molecule has 2 aromatic rings. The van der Waals surface area contributed by atoms with Crippen LogP contribution in [0.25, 0.3) is 0 Å². The molecule has 21 heavy (non-hydrogen) atoms. The van der Waals surface area contributed by atoms with Crippen LogP contribution in [0.5, 0.6) is 0 Å². The fourth-order valence-corrected chi connectivity index (χ4v) is 1.94. The number of anilines is 1. The predicted molar refractivity (Wildman–Crippen MR) is 82.6 cm³/mol. The van der Waals surface area contributed by atoms with Gasteiger partial charge in [-0.05, 0) is 42.8 Å². The molecule has 0 atom stereocenters. The van der Waals surface area contributed by atoms with Crippen LogP contribution in [0, 0.1) is 6.92 Å². The number of nitrogens with one attached hydrogen (secondary N) is 1. The number of aromatic nitrogens is 1. The second-order valence-corrected chi connectivity index (χ2v) is 5.08. The predicted octanol–water partition coefficient (Wildman–Crippen LogP) is 3.65. The lowest BCUT2D eigenvalue weighted by atomic mass is 10.1. The third-order valence-corrected chi connectivity index (χ3v) is 3.26. The lowest BCUT2D eigenvalue weighted by Gasteiger charge is -2.06. The van der Waals surface area contributed by atoms with E-state index in [0.717, 1.165) is 5.56 Å². The largest absolute Gasteiger partial charge is 0.310 e. The van der Waals surface area contributed by atoms with Gasteiger partial charge in [-0.3, -0.25) is 9.59 Å². The molecule has 0 aliphatic carbocycles. The van der Waals surface area contributed by atoms with Gasteiger partial charge in [-0.2, -0.15) is 0 Å². The summed E-state index contributed by atoms with van der Waals surface area (Å²) in [4.78, 5) is 27.9. The summed E-state index contributed by atoms with van der Waals surface area (Å²) in [6.45, 7) is 1.86. The third-order valence-electron chi connectivity index (χ3n) is 3.01. The number of aryl methyl sites for hydroxylation is 1. The first-order valence-electron chi connectivity index (χ1n) is 6.56. The summed E-state index contributed by atoms with van der Waals surface area (Å²) in [5, 5.41) is 3.28. The Labute approximate surface area is 128 Å². The standard InChI is InChI=1S/C16H15ClN2O2/c1-11-3-2-10-18-16(11)19-15(21)9-8-14(20)12-4-6-13(17)7-5-12/h2-7,10H,8-9H2,1H3,(H,18,19,21). The van der Waals surface area contributed by atoms with E-state index in [1.165, 1.54) is 0 Å². The van der Waals surface area contributed by atoms with Crippen LogP contribution in [0.2, 0.25) is 5.02 Å². The van der Waals surface area contributed by atoms with E-state index in [-0.39, 0.29) is 24.5 Å². The van der Waals surface area contributed by atoms with Crippen molar-refractivity contribution in [1.29, 1.82) is 0 Å². The summed E-state index contributed by atoms with van der Waals surface area (Å²) in [5.74, 6) is 0.222. The van der Waals surface area contributed by atoms with Gasteiger partial charge in [0, 0.05) is 29.6 Å². The fraction of sp³-hybridized carbons (Fsp3) is 0.188. The van der Waals surface area contributed by atoms with E-state index in [1.807, 2.05) is 13.0 Å². The maximum atomic E-state index is 11.9. The van der Waals surface area contributed by atoms with Crippen molar-refractivity contribution in [2.45, 2.75) is 19.8 Å². The molecular formula is C16H15ClN2O2. The summed E-state index contributed by atoms with van der Waals surface area (Å²) in [7, 11) is 0. The Bertz CT molecular complexity index is 654. The Morgan fingerprint density at radius 3 is 2.52 bits per heavy atom. The number of Topliss-reactive ketones (excluding diaryl/α,β-unsaturated/α-hetero) is 1. The molecule has 1 aromatic heterocycles. The Balaban J connectivity index is 1.88. The first-order chi connectivity index (χ1) is 10.1. The number of nitrogens with zero attached hydrogens (tertiary/aromatic N) is 1. The molecule has 0 radical (unpaired) electrons. The quantitative estimate of drug-likeness (QED) is 0.858. The van der Waals surface area contributed by atoms with Crippen LogP contribution in [0.1, 0.15) is 28.8 Å². The number of carbonyl (C=O) groups excluding carboxylic acids is 2. The molecule has 0 fully saturated rings. The minimum atomic E-state index is -0.223. The van der Waals surface area contributed by atoms with Gasteiger partial charge in [-0.15, -0.1) is 0 Å². The molecule has 0 saturated carbocycles. The van der Waals surface area contributed by atoms with Crippen molar-refractivity contribution in [3.05, 3.63) is 58.7 Å². The van der Waals surface area contributed by atoms with Gasteiger partial charge in [0.2, 0.25) is 5.91 Å². The van der Waals surface area contributed by atoms with E-state index >= 15 is 0 Å². The number of hydrogen-bond acceptors (Lipinski definition) is 3. The molecule has 2 rings (SSSR count). The zero-order valence-electron chi connectivity index (χ0n) is 11.6. The highest BCUT2D eigenvalue weighted by molar-refractivity contribution is 6.30. The van der Waals surface area contributed by atoms with Crippen LogP contribution in [-0.4, -0.2) is 16.7 Å². The summed E-state index contributed by atoms with van der Waals surface area (Å²) in [6.07, 6.45) is 1.89. The molecule has 0 unspecified atom stereocenters. The molecule has 0 saturated heterocycles. The second-order valence-electron chi connectivity index (χ2n) is 4.65. The highest BCUT2D eigenvalue weighted by Crippen LogP contribution is 2.13. The summed E-state index contributed by atoms with van der Waals surface area (Å²) in [5.41, 5.74) is 1.44. The van der Waals surface area contributed by atoms with Crippen LogP contribution >= 0.6 is 11.6 Å². The van der Waals surface area contributed by atoms with Crippen molar-refractivity contribution in [2.75, 3.05) is 5.32 Å². The SMILES string of the molecule is Cc1cccnc1NC(=O)CCC(=O)c1ccc(Cl)cc1. The molecule has 0 spiro atoms. The van der Waals surface area contributed by atoms with Gasteiger partial charge in [0.1, 0.15) is 5.82 Å². The van der Waals surface area contributed by atoms with Crippen molar-refractivity contribution in [2.24, 2.45) is 0 Å². The van der Waals surface area contributed by atoms with E-state index < -0.39 is 0 Å². The van der Waals surface area contributed by atoms with Gasteiger partial charge in [0.05, 0.1) is 0 Å². The number of benzene rings is 1. The van der Waals surface area contributed by atoms with Gasteiger partial charge in [0.15, 0.2) is 5.78 Å². The van der Waals surface area contributed by atoms with Crippen molar-refractivity contribution in [3.8, 4) is 0 Å². The molecular weight excluding hydrogens is 288 g/mol. The number of rotatable bonds is 5. The maximum absolute atomic E-state index is 11.9. The number of carbonyl (C=O) groups is 2. The summed E-state index contributed by atoms with van der Waals surface area (Å²) in [6, 6.07) is 10.3. The van der Waals surface area contributed by atoms with Crippen molar-refractivity contribution in [1.82, 2.24) is 4.98 Å². The first kappa shape index (κ1) is 15.2.